The number of hydrogen-bond donors (Lipinski definition) is 1. The Bertz CT molecular complexity index is 864. The smallest absolute Gasteiger partial charge is 0.229 e. The Hall–Kier alpha value is -2.28. The van der Waals surface area contributed by atoms with E-state index in [4.69, 9.17) is 0 Å². The van der Waals surface area contributed by atoms with Crippen LogP contribution in [0.1, 0.15) is 23.7 Å². The fourth-order valence-electron chi connectivity index (χ4n) is 2.14. The largest absolute Gasteiger partial charge is 0.294 e. The van der Waals surface area contributed by atoms with E-state index in [-0.39, 0.29) is 29.0 Å². The van der Waals surface area contributed by atoms with Crippen molar-refractivity contribution in [2.45, 2.75) is 13.3 Å². The topological polar surface area (TPSA) is 63.2 Å². The molecule has 0 unspecified atom stereocenters. The molecule has 0 saturated carbocycles. The van der Waals surface area contributed by atoms with Crippen LogP contribution in [0, 0.1) is 11.6 Å². The minimum atomic E-state index is -3.60. The number of anilines is 1. The molecule has 2 aromatic rings. The molecule has 0 atom stereocenters. The van der Waals surface area contributed by atoms with Crippen LogP contribution in [-0.4, -0.2) is 20.5 Å². The Morgan fingerprint density at radius 2 is 1.78 bits per heavy atom. The van der Waals surface area contributed by atoms with Gasteiger partial charge in [0.1, 0.15) is 11.6 Å². The van der Waals surface area contributed by atoms with Gasteiger partial charge in [0.15, 0.2) is 5.78 Å². The number of benzene rings is 2. The molecule has 0 heterocycles. The third-order valence-electron chi connectivity index (χ3n) is 3.18. The summed E-state index contributed by atoms with van der Waals surface area (Å²) >= 11 is 0. The highest BCUT2D eigenvalue weighted by molar-refractivity contribution is 7.92. The summed E-state index contributed by atoms with van der Waals surface area (Å²) in [4.78, 5) is 11.8. The molecule has 1 N–H and O–H groups in total. The molecular formula is C16H15F2NO3S. The van der Waals surface area contributed by atoms with Crippen molar-refractivity contribution in [1.82, 2.24) is 0 Å². The third kappa shape index (κ3) is 4.13. The maximum absolute atomic E-state index is 14.1. The van der Waals surface area contributed by atoms with Crippen LogP contribution in [0.2, 0.25) is 0 Å². The number of carbonyl (C=O) groups is 1. The Balaban J connectivity index is 2.67. The molecule has 0 aliphatic rings. The first-order chi connectivity index (χ1) is 10.7. The molecule has 0 radical (unpaired) electrons. The van der Waals surface area contributed by atoms with Crippen LogP contribution in [0.4, 0.5) is 14.5 Å². The lowest BCUT2D eigenvalue weighted by molar-refractivity contribution is 0.0988. The van der Waals surface area contributed by atoms with Crippen LogP contribution >= 0.6 is 0 Å². The van der Waals surface area contributed by atoms with Gasteiger partial charge in [0.25, 0.3) is 0 Å². The van der Waals surface area contributed by atoms with Gasteiger partial charge in [0.05, 0.1) is 11.9 Å². The van der Waals surface area contributed by atoms with E-state index in [1.165, 1.54) is 24.3 Å². The summed E-state index contributed by atoms with van der Waals surface area (Å²) in [7, 11) is -3.60. The fourth-order valence-corrected chi connectivity index (χ4v) is 2.72. The number of Topliss-reactive ketones (excluding diaryl/α,β-unsaturated/α-hetero) is 1. The van der Waals surface area contributed by atoms with E-state index >= 15 is 0 Å². The van der Waals surface area contributed by atoms with Crippen molar-refractivity contribution in [3.63, 3.8) is 0 Å². The summed E-state index contributed by atoms with van der Waals surface area (Å²) in [6.45, 7) is 1.68. The van der Waals surface area contributed by atoms with Crippen molar-refractivity contribution in [1.29, 1.82) is 0 Å². The van der Waals surface area contributed by atoms with Crippen molar-refractivity contribution in [3.8, 4) is 11.1 Å². The second kappa shape index (κ2) is 6.45. The Morgan fingerprint density at radius 3 is 2.35 bits per heavy atom. The minimum Gasteiger partial charge on any atom is -0.294 e. The average molecular weight is 339 g/mol. The van der Waals surface area contributed by atoms with E-state index in [2.05, 4.69) is 4.72 Å². The summed E-state index contributed by atoms with van der Waals surface area (Å²) in [6.07, 6.45) is 1.22. The van der Waals surface area contributed by atoms with Gasteiger partial charge in [-0.25, -0.2) is 17.2 Å². The van der Waals surface area contributed by atoms with Crippen molar-refractivity contribution < 1.29 is 22.0 Å². The molecule has 4 nitrogen and oxygen atoms in total. The van der Waals surface area contributed by atoms with Crippen LogP contribution in [0.3, 0.4) is 0 Å². The molecule has 0 aliphatic carbocycles. The van der Waals surface area contributed by atoms with E-state index in [0.717, 1.165) is 12.3 Å². The predicted octanol–water partition coefficient (Wildman–Crippen LogP) is 3.60. The lowest BCUT2D eigenvalue weighted by atomic mass is 9.98. The van der Waals surface area contributed by atoms with Gasteiger partial charge in [-0.15, -0.1) is 0 Å². The van der Waals surface area contributed by atoms with Crippen LogP contribution in [-0.2, 0) is 10.0 Å². The lowest BCUT2D eigenvalue weighted by Crippen LogP contribution is -2.11. The summed E-state index contributed by atoms with van der Waals surface area (Å²) in [6, 6.07) is 7.22. The van der Waals surface area contributed by atoms with Crippen molar-refractivity contribution in [2.24, 2.45) is 0 Å². The number of carbonyl (C=O) groups excluding carboxylic acids is 1. The van der Waals surface area contributed by atoms with Gasteiger partial charge < -0.3 is 0 Å². The zero-order valence-electron chi connectivity index (χ0n) is 12.6. The van der Waals surface area contributed by atoms with Crippen LogP contribution in [0.5, 0.6) is 0 Å². The first-order valence-corrected chi connectivity index (χ1v) is 8.71. The average Bonchev–Trinajstić information content (AvgIpc) is 2.46. The van der Waals surface area contributed by atoms with Crippen molar-refractivity contribution in [2.75, 3.05) is 11.0 Å². The molecule has 0 fully saturated rings. The molecule has 7 heteroatoms. The van der Waals surface area contributed by atoms with Crippen molar-refractivity contribution >= 4 is 21.5 Å². The van der Waals surface area contributed by atoms with Gasteiger partial charge in [0.2, 0.25) is 10.0 Å². The molecule has 2 rings (SSSR count). The zero-order chi connectivity index (χ0) is 17.2. The molecule has 2 aromatic carbocycles. The molecule has 0 saturated heterocycles. The van der Waals surface area contributed by atoms with Gasteiger partial charge in [-0.1, -0.05) is 6.92 Å². The van der Waals surface area contributed by atoms with Gasteiger partial charge in [-0.3, -0.25) is 9.52 Å². The molecule has 23 heavy (non-hydrogen) atoms. The summed E-state index contributed by atoms with van der Waals surface area (Å²) in [5.74, 6) is -1.76. The molecule has 0 aromatic heterocycles. The normalized spacial score (nSPS) is 11.3. The quantitative estimate of drug-likeness (QED) is 0.847. The number of nitrogens with one attached hydrogen (secondary N) is 1. The monoisotopic (exact) mass is 339 g/mol. The lowest BCUT2D eigenvalue weighted by Gasteiger charge is -2.13. The van der Waals surface area contributed by atoms with Crippen LogP contribution in [0.15, 0.2) is 36.4 Å². The number of halogens is 2. The van der Waals surface area contributed by atoms with Crippen LogP contribution < -0.4 is 4.72 Å². The molecule has 0 aliphatic heterocycles. The fraction of sp³-hybridized carbons (Fsp3) is 0.188. The van der Waals surface area contributed by atoms with E-state index in [9.17, 15) is 22.0 Å². The predicted molar refractivity (Wildman–Crippen MR) is 84.9 cm³/mol. The van der Waals surface area contributed by atoms with Gasteiger partial charge in [-0.05, 0) is 30.3 Å². The van der Waals surface area contributed by atoms with Gasteiger partial charge in [-0.2, -0.15) is 0 Å². The zero-order valence-corrected chi connectivity index (χ0v) is 13.4. The molecule has 122 valence electrons. The summed E-state index contributed by atoms with van der Waals surface area (Å²) in [5, 5.41) is 0. The second-order valence-corrected chi connectivity index (χ2v) is 6.78. The minimum absolute atomic E-state index is 0.00306. The summed E-state index contributed by atoms with van der Waals surface area (Å²) in [5.41, 5.74) is 0.617. The molecular weight excluding hydrogens is 324 g/mol. The van der Waals surface area contributed by atoms with Gasteiger partial charge in [0, 0.05) is 29.2 Å². The number of sulfonamides is 1. The van der Waals surface area contributed by atoms with Gasteiger partial charge >= 0.3 is 0 Å². The third-order valence-corrected chi connectivity index (χ3v) is 3.77. The molecule has 0 amide bonds. The Morgan fingerprint density at radius 1 is 1.09 bits per heavy atom. The number of rotatable bonds is 5. The number of hydrogen-bond acceptors (Lipinski definition) is 3. The second-order valence-electron chi connectivity index (χ2n) is 5.04. The van der Waals surface area contributed by atoms with Crippen molar-refractivity contribution in [3.05, 3.63) is 53.6 Å². The Kier molecular flexibility index (Phi) is 4.79. The van der Waals surface area contributed by atoms with E-state index in [0.29, 0.717) is 11.6 Å². The molecule has 0 spiro atoms. The standard InChI is InChI=1S/C16H15F2NO3S/c1-3-16(20)10-4-7-15(19-23(2,21)22)13(8-10)12-6-5-11(17)9-14(12)18/h4-9,19H,3H2,1-2H3. The van der Waals surface area contributed by atoms with E-state index < -0.39 is 21.7 Å². The first-order valence-electron chi connectivity index (χ1n) is 6.81. The maximum Gasteiger partial charge on any atom is 0.229 e. The highest BCUT2D eigenvalue weighted by Crippen LogP contribution is 2.32. The Labute approximate surface area is 133 Å². The molecule has 0 bridgehead atoms. The first kappa shape index (κ1) is 17.1. The number of ketones is 1. The highest BCUT2D eigenvalue weighted by Gasteiger charge is 2.16. The highest BCUT2D eigenvalue weighted by atomic mass is 32.2. The van der Waals surface area contributed by atoms with Crippen LogP contribution in [0.25, 0.3) is 11.1 Å². The SMILES string of the molecule is CCC(=O)c1ccc(NS(C)(=O)=O)c(-c2ccc(F)cc2F)c1. The van der Waals surface area contributed by atoms with E-state index in [1.807, 2.05) is 0 Å². The summed E-state index contributed by atoms with van der Waals surface area (Å²) < 4.78 is 52.4. The van der Waals surface area contributed by atoms with E-state index in [1.54, 1.807) is 6.92 Å². The maximum atomic E-state index is 14.1.